The van der Waals surface area contributed by atoms with Crippen LogP contribution < -0.4 is 5.32 Å². The molecule has 0 radical (unpaired) electrons. The number of hydrogen-bond acceptors (Lipinski definition) is 15. The average Bonchev–Trinajstić information content (AvgIpc) is 2.84. The van der Waals surface area contributed by atoms with Gasteiger partial charge in [0.1, 0.15) is 61.0 Å². The molecule has 0 bridgehead atoms. The first kappa shape index (κ1) is 30.0. The van der Waals surface area contributed by atoms with Crippen LogP contribution in [0.25, 0.3) is 0 Å². The number of aliphatic hydroxyl groups is 8. The number of hydrogen-bond donors (Lipinski definition) is 10. The maximum Gasteiger partial charge on any atom is 0.335 e. The lowest BCUT2D eigenvalue weighted by molar-refractivity contribution is -0.360. The summed E-state index contributed by atoms with van der Waals surface area (Å²) in [5.74, 6) is -2.39. The summed E-state index contributed by atoms with van der Waals surface area (Å²) >= 11 is 0. The molecule has 3 heterocycles. The van der Waals surface area contributed by atoms with Crippen molar-refractivity contribution in [1.29, 1.82) is 0 Å². The first-order valence-corrected chi connectivity index (χ1v) is 11.4. The van der Waals surface area contributed by atoms with Gasteiger partial charge in [0, 0.05) is 6.92 Å². The first-order valence-electron chi connectivity index (χ1n) is 11.4. The third kappa shape index (κ3) is 6.19. The quantitative estimate of drug-likeness (QED) is 0.143. The van der Waals surface area contributed by atoms with Gasteiger partial charge in [-0.3, -0.25) is 4.79 Å². The molecule has 0 unspecified atom stereocenters. The van der Waals surface area contributed by atoms with Crippen molar-refractivity contribution in [3.05, 3.63) is 0 Å². The van der Waals surface area contributed by atoms with Crippen LogP contribution in [0.2, 0.25) is 0 Å². The van der Waals surface area contributed by atoms with Crippen LogP contribution in [0.1, 0.15) is 13.8 Å². The van der Waals surface area contributed by atoms with Crippen molar-refractivity contribution < 1.29 is 79.2 Å². The van der Waals surface area contributed by atoms with Gasteiger partial charge in [-0.1, -0.05) is 0 Å². The molecule has 3 fully saturated rings. The zero-order valence-electron chi connectivity index (χ0n) is 19.8. The second-order valence-corrected chi connectivity index (χ2v) is 9.09. The van der Waals surface area contributed by atoms with Crippen molar-refractivity contribution in [2.24, 2.45) is 0 Å². The molecular formula is C20H33NO16. The van der Waals surface area contributed by atoms with E-state index in [1.807, 2.05) is 0 Å². The third-order valence-electron chi connectivity index (χ3n) is 6.42. The molecule has 214 valence electrons. The molecule has 37 heavy (non-hydrogen) atoms. The van der Waals surface area contributed by atoms with E-state index in [0.717, 1.165) is 6.92 Å². The van der Waals surface area contributed by atoms with Crippen molar-refractivity contribution in [1.82, 2.24) is 5.32 Å². The van der Waals surface area contributed by atoms with Gasteiger partial charge in [-0.25, -0.2) is 4.79 Å². The van der Waals surface area contributed by atoms with E-state index in [1.54, 1.807) is 0 Å². The summed E-state index contributed by atoms with van der Waals surface area (Å²) in [7, 11) is 0. The molecule has 0 aromatic rings. The number of ether oxygens (including phenoxy) is 5. The van der Waals surface area contributed by atoms with Gasteiger partial charge in [-0.05, 0) is 6.92 Å². The fourth-order valence-electron chi connectivity index (χ4n) is 4.38. The SMILES string of the molecule is CC(=O)N[C@H]1[C@H](O[C@@H]2[C@H](O)[C@@H](O)[C@@H](O)O[C@@H]2C(=O)O)O[C@H](CO)[C@@H](O[C@H]2O[C@@H](C)[C@H](O)[C@@H](O)[C@H]2O)[C@@H]1O. The number of rotatable bonds is 7. The van der Waals surface area contributed by atoms with Crippen LogP contribution >= 0.6 is 0 Å². The van der Waals surface area contributed by atoms with Crippen LogP contribution in [0, 0.1) is 0 Å². The summed E-state index contributed by atoms with van der Waals surface area (Å²) in [6.45, 7) is 1.62. The molecule has 17 nitrogen and oxygen atoms in total. The Morgan fingerprint density at radius 1 is 0.784 bits per heavy atom. The smallest absolute Gasteiger partial charge is 0.335 e. The lowest BCUT2D eigenvalue weighted by Crippen LogP contribution is -2.69. The number of carboxylic acid groups (broad SMARTS) is 1. The van der Waals surface area contributed by atoms with Gasteiger partial charge in [0.05, 0.1) is 12.7 Å². The Morgan fingerprint density at radius 2 is 1.41 bits per heavy atom. The molecule has 0 aliphatic carbocycles. The summed E-state index contributed by atoms with van der Waals surface area (Å²) in [5, 5.41) is 92.8. The van der Waals surface area contributed by atoms with Crippen molar-refractivity contribution in [3.8, 4) is 0 Å². The highest BCUT2D eigenvalue weighted by Gasteiger charge is 2.54. The standard InChI is InChI=1S/C20H33NO16/c1-4-8(24)10(26)13(29)20(33-4)36-14-6(3-22)34-19(7(9(14)25)21-5(2)23)37-15-11(27)12(28)18(32)35-16(15)17(30)31/h4,6-16,18-20,22,24-29,32H,3H2,1-2H3,(H,21,23)(H,30,31)/t4-,6+,7+,8-,9+,10+,11+,12+,13+,14+,15+,16-,18-,19-,20+/m0/s1. The van der Waals surface area contributed by atoms with E-state index in [4.69, 9.17) is 23.7 Å². The summed E-state index contributed by atoms with van der Waals surface area (Å²) in [4.78, 5) is 23.5. The molecule has 15 atom stereocenters. The monoisotopic (exact) mass is 543 g/mol. The van der Waals surface area contributed by atoms with E-state index >= 15 is 0 Å². The van der Waals surface area contributed by atoms with Crippen LogP contribution in [0.15, 0.2) is 0 Å². The van der Waals surface area contributed by atoms with Gasteiger partial charge in [-0.15, -0.1) is 0 Å². The first-order chi connectivity index (χ1) is 17.3. The van der Waals surface area contributed by atoms with E-state index in [1.165, 1.54) is 6.92 Å². The Bertz CT molecular complexity index is 802. The van der Waals surface area contributed by atoms with Gasteiger partial charge >= 0.3 is 5.97 Å². The Balaban J connectivity index is 1.85. The predicted molar refractivity (Wildman–Crippen MR) is 112 cm³/mol. The number of carbonyl (C=O) groups is 2. The Hall–Kier alpha value is -1.58. The molecule has 0 spiro atoms. The molecule has 0 saturated carbocycles. The van der Waals surface area contributed by atoms with E-state index in [-0.39, 0.29) is 0 Å². The Kier molecular flexibility index (Phi) is 9.78. The highest BCUT2D eigenvalue weighted by Crippen LogP contribution is 2.32. The minimum atomic E-state index is -2.05. The molecule has 0 aromatic carbocycles. The zero-order chi connectivity index (χ0) is 27.8. The fraction of sp³-hybridized carbons (Fsp3) is 0.900. The van der Waals surface area contributed by atoms with Gasteiger partial charge in [-0.2, -0.15) is 0 Å². The maximum atomic E-state index is 11.9. The molecule has 10 N–H and O–H groups in total. The minimum Gasteiger partial charge on any atom is -0.479 e. The zero-order valence-corrected chi connectivity index (χ0v) is 19.8. The van der Waals surface area contributed by atoms with Crippen LogP contribution in [0.5, 0.6) is 0 Å². The lowest BCUT2D eigenvalue weighted by atomic mass is 9.94. The summed E-state index contributed by atoms with van der Waals surface area (Å²) in [5.41, 5.74) is 0. The van der Waals surface area contributed by atoms with E-state index < -0.39 is 111 Å². The molecule has 3 saturated heterocycles. The van der Waals surface area contributed by atoms with Gasteiger partial charge in [0.25, 0.3) is 0 Å². The fourth-order valence-corrected chi connectivity index (χ4v) is 4.38. The molecule has 3 aliphatic rings. The summed E-state index contributed by atoms with van der Waals surface area (Å²) in [6, 6.07) is -1.54. The van der Waals surface area contributed by atoms with E-state index in [0.29, 0.717) is 0 Å². The predicted octanol–water partition coefficient (Wildman–Crippen LogP) is -6.31. The summed E-state index contributed by atoms with van der Waals surface area (Å²) < 4.78 is 26.8. The van der Waals surface area contributed by atoms with Gasteiger partial charge in [0.15, 0.2) is 25.0 Å². The number of carbonyl (C=O) groups excluding carboxylic acids is 1. The van der Waals surface area contributed by atoms with Crippen LogP contribution in [-0.4, -0.2) is 156 Å². The largest absolute Gasteiger partial charge is 0.479 e. The Morgan fingerprint density at radius 3 is 1.97 bits per heavy atom. The number of aliphatic carboxylic acids is 1. The van der Waals surface area contributed by atoms with Crippen molar-refractivity contribution >= 4 is 11.9 Å². The van der Waals surface area contributed by atoms with Crippen LogP contribution in [0.3, 0.4) is 0 Å². The second-order valence-electron chi connectivity index (χ2n) is 9.09. The highest BCUT2D eigenvalue weighted by molar-refractivity contribution is 5.74. The van der Waals surface area contributed by atoms with Gasteiger partial charge in [0.2, 0.25) is 5.91 Å². The lowest BCUT2D eigenvalue weighted by Gasteiger charge is -2.48. The number of nitrogens with one attached hydrogen (secondary N) is 1. The van der Waals surface area contributed by atoms with Crippen LogP contribution in [0.4, 0.5) is 0 Å². The van der Waals surface area contributed by atoms with Crippen molar-refractivity contribution in [2.45, 2.75) is 106 Å². The minimum absolute atomic E-state index is 0.714. The second kappa shape index (κ2) is 12.1. The van der Waals surface area contributed by atoms with E-state index in [2.05, 4.69) is 5.32 Å². The average molecular weight is 543 g/mol. The van der Waals surface area contributed by atoms with Gasteiger partial charge < -0.3 is 75.0 Å². The van der Waals surface area contributed by atoms with E-state index in [9.17, 15) is 55.5 Å². The molecule has 1 amide bonds. The number of aliphatic hydroxyl groups excluding tert-OH is 8. The molecule has 0 aromatic heterocycles. The summed E-state index contributed by atoms with van der Waals surface area (Å²) in [6.07, 6.45) is -24.0. The van der Waals surface area contributed by atoms with Crippen molar-refractivity contribution in [3.63, 3.8) is 0 Å². The molecule has 17 heteroatoms. The normalized spacial score (nSPS) is 48.9. The number of carboxylic acids is 1. The molecule has 3 aliphatic heterocycles. The number of amides is 1. The maximum absolute atomic E-state index is 11.9. The third-order valence-corrected chi connectivity index (χ3v) is 6.42. The molecular weight excluding hydrogens is 510 g/mol. The van der Waals surface area contributed by atoms with Crippen molar-refractivity contribution in [2.75, 3.05) is 6.61 Å². The highest BCUT2D eigenvalue weighted by atomic mass is 16.7. The topological polar surface area (TPSA) is 274 Å². The Labute approximate surface area is 209 Å². The molecule has 3 rings (SSSR count). The van der Waals surface area contributed by atoms with Crippen LogP contribution in [-0.2, 0) is 33.3 Å².